The molecule has 0 bridgehead atoms. The number of ether oxygens (including phenoxy) is 1. The summed E-state index contributed by atoms with van der Waals surface area (Å²) >= 11 is 0. The van der Waals surface area contributed by atoms with Gasteiger partial charge in [-0.2, -0.15) is 0 Å². The molecule has 2 amide bonds. The average molecular weight is 379 g/mol. The van der Waals surface area contributed by atoms with Gasteiger partial charge in [0, 0.05) is 11.1 Å². The van der Waals surface area contributed by atoms with E-state index < -0.39 is 24.3 Å². The van der Waals surface area contributed by atoms with E-state index in [-0.39, 0.29) is 5.57 Å². The minimum atomic E-state index is -1.24. The molecule has 0 fully saturated rings. The van der Waals surface area contributed by atoms with Gasteiger partial charge in [-0.05, 0) is 41.8 Å². The number of carboxylic acid groups (broad SMARTS) is 1. The van der Waals surface area contributed by atoms with Crippen molar-refractivity contribution >= 4 is 29.4 Å². The van der Waals surface area contributed by atoms with Crippen LogP contribution >= 0.6 is 0 Å². The summed E-state index contributed by atoms with van der Waals surface area (Å²) in [5.74, 6) is -1.71. The number of nitrogens with zero attached hydrogens (tertiary/aromatic N) is 1. The maximum absolute atomic E-state index is 12.8. The second-order valence-corrected chi connectivity index (χ2v) is 6.46. The van der Waals surface area contributed by atoms with Crippen molar-refractivity contribution in [1.82, 2.24) is 4.90 Å². The van der Waals surface area contributed by atoms with E-state index in [1.54, 1.807) is 30.3 Å². The number of carboxylic acids is 1. The maximum Gasteiger partial charge on any atom is 0.323 e. The highest BCUT2D eigenvalue weighted by Gasteiger charge is 2.35. The normalized spacial score (nSPS) is 14.9. The van der Waals surface area contributed by atoms with Crippen LogP contribution < -0.4 is 4.74 Å². The van der Waals surface area contributed by atoms with Gasteiger partial charge in [0.25, 0.3) is 11.8 Å². The molecule has 6 heteroatoms. The molecule has 0 unspecified atom stereocenters. The Morgan fingerprint density at radius 2 is 1.71 bits per heavy atom. The number of fused-ring (bicyclic) bond motifs is 1. The number of benzene rings is 2. The van der Waals surface area contributed by atoms with E-state index in [9.17, 15) is 14.4 Å². The Labute approximate surface area is 163 Å². The molecule has 3 rings (SSSR count). The average Bonchev–Trinajstić information content (AvgIpc) is 2.69. The fraction of sp³-hybridized carbons (Fsp3) is 0.227. The second kappa shape index (κ2) is 8.52. The van der Waals surface area contributed by atoms with E-state index in [1.165, 1.54) is 0 Å². The summed E-state index contributed by atoms with van der Waals surface area (Å²) in [6.45, 7) is 2.07. The number of imide groups is 1. The first kappa shape index (κ1) is 19.4. The monoisotopic (exact) mass is 379 g/mol. The highest BCUT2D eigenvalue weighted by atomic mass is 16.5. The van der Waals surface area contributed by atoms with Gasteiger partial charge in [0.05, 0.1) is 6.61 Å². The van der Waals surface area contributed by atoms with Crippen molar-refractivity contribution in [3.63, 3.8) is 0 Å². The van der Waals surface area contributed by atoms with Gasteiger partial charge in [0.1, 0.15) is 12.3 Å². The molecule has 2 aromatic rings. The molecule has 28 heavy (non-hydrogen) atoms. The Morgan fingerprint density at radius 1 is 1.04 bits per heavy atom. The van der Waals surface area contributed by atoms with Crippen LogP contribution in [0.3, 0.4) is 0 Å². The molecule has 0 radical (unpaired) electrons. The summed E-state index contributed by atoms with van der Waals surface area (Å²) in [6.07, 6.45) is 3.69. The van der Waals surface area contributed by atoms with Crippen molar-refractivity contribution in [2.24, 2.45) is 0 Å². The zero-order chi connectivity index (χ0) is 20.1. The molecule has 144 valence electrons. The minimum absolute atomic E-state index is 0.288. The smallest absolute Gasteiger partial charge is 0.323 e. The highest BCUT2D eigenvalue weighted by Crippen LogP contribution is 2.30. The SMILES string of the molecule is CCCCOc1ccc(/C=C2\C(=O)N(CC(=O)O)C(=O)c3ccccc32)cc1. The fourth-order valence-corrected chi connectivity index (χ4v) is 2.98. The van der Waals surface area contributed by atoms with Gasteiger partial charge in [-0.3, -0.25) is 19.3 Å². The Morgan fingerprint density at radius 3 is 2.36 bits per heavy atom. The van der Waals surface area contributed by atoms with Crippen LogP contribution in [-0.4, -0.2) is 40.9 Å². The van der Waals surface area contributed by atoms with E-state index in [2.05, 4.69) is 6.92 Å². The number of carbonyl (C=O) groups excluding carboxylic acids is 2. The Kier molecular flexibility index (Phi) is 5.89. The number of hydrogen-bond donors (Lipinski definition) is 1. The van der Waals surface area contributed by atoms with Crippen molar-refractivity contribution in [3.05, 3.63) is 65.2 Å². The minimum Gasteiger partial charge on any atom is -0.494 e. The first-order valence-corrected chi connectivity index (χ1v) is 9.13. The predicted octanol–water partition coefficient (Wildman–Crippen LogP) is 3.47. The predicted molar refractivity (Wildman–Crippen MR) is 105 cm³/mol. The molecule has 1 heterocycles. The molecule has 1 aliphatic heterocycles. The van der Waals surface area contributed by atoms with Crippen LogP contribution in [0, 0.1) is 0 Å². The Hall–Kier alpha value is -3.41. The van der Waals surface area contributed by atoms with Crippen LogP contribution in [0.4, 0.5) is 0 Å². The van der Waals surface area contributed by atoms with Gasteiger partial charge in [-0.1, -0.05) is 43.7 Å². The number of amides is 2. The fourth-order valence-electron chi connectivity index (χ4n) is 2.98. The van der Waals surface area contributed by atoms with E-state index in [4.69, 9.17) is 9.84 Å². The number of hydrogen-bond acceptors (Lipinski definition) is 4. The summed E-state index contributed by atoms with van der Waals surface area (Å²) in [6, 6.07) is 14.0. The van der Waals surface area contributed by atoms with Crippen molar-refractivity contribution < 1.29 is 24.2 Å². The van der Waals surface area contributed by atoms with Crippen LogP contribution in [0.25, 0.3) is 11.6 Å². The molecule has 0 saturated heterocycles. The largest absolute Gasteiger partial charge is 0.494 e. The molecule has 1 N–H and O–H groups in total. The van der Waals surface area contributed by atoms with Gasteiger partial charge >= 0.3 is 5.97 Å². The van der Waals surface area contributed by atoms with E-state index >= 15 is 0 Å². The Bertz CT molecular complexity index is 930. The topological polar surface area (TPSA) is 83.9 Å². The van der Waals surface area contributed by atoms with Crippen molar-refractivity contribution in [3.8, 4) is 5.75 Å². The number of unbranched alkanes of at least 4 members (excludes halogenated alkanes) is 1. The second-order valence-electron chi connectivity index (χ2n) is 6.46. The Balaban J connectivity index is 1.94. The summed E-state index contributed by atoms with van der Waals surface area (Å²) in [5.41, 5.74) is 1.86. The number of aliphatic carboxylic acids is 1. The molecule has 0 saturated carbocycles. The third kappa shape index (κ3) is 4.11. The summed E-state index contributed by atoms with van der Waals surface area (Å²) < 4.78 is 5.64. The lowest BCUT2D eigenvalue weighted by atomic mass is 9.92. The van der Waals surface area contributed by atoms with Crippen LogP contribution in [-0.2, 0) is 9.59 Å². The third-order valence-electron chi connectivity index (χ3n) is 4.42. The zero-order valence-corrected chi connectivity index (χ0v) is 15.6. The molecule has 6 nitrogen and oxygen atoms in total. The number of carbonyl (C=O) groups is 3. The molecular weight excluding hydrogens is 358 g/mol. The first-order valence-electron chi connectivity index (χ1n) is 9.13. The highest BCUT2D eigenvalue weighted by molar-refractivity contribution is 6.34. The lowest BCUT2D eigenvalue weighted by Crippen LogP contribution is -2.44. The van der Waals surface area contributed by atoms with Crippen LogP contribution in [0.2, 0.25) is 0 Å². The molecule has 0 atom stereocenters. The zero-order valence-electron chi connectivity index (χ0n) is 15.6. The molecular formula is C22H21NO5. The van der Waals surface area contributed by atoms with Crippen LogP contribution in [0.15, 0.2) is 48.5 Å². The van der Waals surface area contributed by atoms with Crippen LogP contribution in [0.1, 0.15) is 41.3 Å². The molecule has 1 aliphatic rings. The van der Waals surface area contributed by atoms with Crippen molar-refractivity contribution in [1.29, 1.82) is 0 Å². The summed E-state index contributed by atoms with van der Waals surface area (Å²) in [5, 5.41) is 9.07. The maximum atomic E-state index is 12.8. The van der Waals surface area contributed by atoms with E-state index in [0.29, 0.717) is 17.7 Å². The van der Waals surface area contributed by atoms with Crippen molar-refractivity contribution in [2.45, 2.75) is 19.8 Å². The molecule has 0 aliphatic carbocycles. The van der Waals surface area contributed by atoms with Gasteiger partial charge in [0.2, 0.25) is 0 Å². The van der Waals surface area contributed by atoms with Gasteiger partial charge in [-0.25, -0.2) is 0 Å². The molecule has 0 aromatic heterocycles. The standard InChI is InChI=1S/C22H21NO5/c1-2-3-12-28-16-10-8-15(9-11-16)13-19-17-6-4-5-7-18(17)21(26)23(22(19)27)14-20(24)25/h4-11,13H,2-3,12,14H2,1H3,(H,24,25)/b19-13-. The van der Waals surface area contributed by atoms with E-state index in [1.807, 2.05) is 24.3 Å². The van der Waals surface area contributed by atoms with Gasteiger partial charge in [0.15, 0.2) is 0 Å². The third-order valence-corrected chi connectivity index (χ3v) is 4.42. The number of rotatable bonds is 7. The van der Waals surface area contributed by atoms with Gasteiger partial charge in [-0.15, -0.1) is 0 Å². The van der Waals surface area contributed by atoms with Gasteiger partial charge < -0.3 is 9.84 Å². The summed E-state index contributed by atoms with van der Waals surface area (Å²) in [4.78, 5) is 37.2. The first-order chi connectivity index (χ1) is 13.5. The summed E-state index contributed by atoms with van der Waals surface area (Å²) in [7, 11) is 0. The van der Waals surface area contributed by atoms with Crippen molar-refractivity contribution in [2.75, 3.05) is 13.2 Å². The quantitative estimate of drug-likeness (QED) is 0.452. The van der Waals surface area contributed by atoms with E-state index in [0.717, 1.165) is 29.1 Å². The van der Waals surface area contributed by atoms with Crippen LogP contribution in [0.5, 0.6) is 5.75 Å². The lowest BCUT2D eigenvalue weighted by molar-refractivity contribution is -0.141. The molecule has 0 spiro atoms. The molecule has 2 aromatic carbocycles. The lowest BCUT2D eigenvalue weighted by Gasteiger charge is -2.27.